The van der Waals surface area contributed by atoms with Crippen LogP contribution in [0.25, 0.3) is 5.69 Å². The molecule has 2 aromatic rings. The van der Waals surface area contributed by atoms with Crippen molar-refractivity contribution in [2.45, 2.75) is 27.2 Å². The van der Waals surface area contributed by atoms with Gasteiger partial charge in [0.2, 0.25) is 0 Å². The van der Waals surface area contributed by atoms with E-state index in [0.717, 1.165) is 28.9 Å². The topological polar surface area (TPSA) is 43.8 Å². The molecule has 0 amide bonds. The van der Waals surface area contributed by atoms with E-state index >= 15 is 0 Å². The molecule has 0 atom stereocenters. The molecule has 4 heteroatoms. The molecule has 0 fully saturated rings. The molecule has 1 aromatic carbocycles. The van der Waals surface area contributed by atoms with E-state index in [9.17, 15) is 0 Å². The van der Waals surface area contributed by atoms with E-state index in [1.165, 1.54) is 5.56 Å². The summed E-state index contributed by atoms with van der Waals surface area (Å²) < 4.78 is 1.81. The Kier molecular flexibility index (Phi) is 3.73. The number of nitrogens with two attached hydrogens (primary N) is 1. The van der Waals surface area contributed by atoms with Crippen LogP contribution in [0, 0.1) is 20.8 Å². The summed E-state index contributed by atoms with van der Waals surface area (Å²) in [5.74, 6) is 0. The van der Waals surface area contributed by atoms with Crippen LogP contribution in [0.5, 0.6) is 0 Å². The normalized spacial score (nSPS) is 10.9. The minimum absolute atomic E-state index is 0.582. The first-order valence-electron chi connectivity index (χ1n) is 6.06. The summed E-state index contributed by atoms with van der Waals surface area (Å²) in [7, 11) is 0. The van der Waals surface area contributed by atoms with Crippen molar-refractivity contribution in [1.29, 1.82) is 0 Å². The Morgan fingerprint density at radius 3 is 2.67 bits per heavy atom. The van der Waals surface area contributed by atoms with Gasteiger partial charge in [-0.1, -0.05) is 23.7 Å². The highest BCUT2D eigenvalue weighted by molar-refractivity contribution is 6.30. The first-order valence-corrected chi connectivity index (χ1v) is 6.44. The van der Waals surface area contributed by atoms with Crippen molar-refractivity contribution < 1.29 is 0 Å². The largest absolute Gasteiger partial charge is 0.330 e. The van der Waals surface area contributed by atoms with E-state index in [0.29, 0.717) is 11.7 Å². The van der Waals surface area contributed by atoms with E-state index in [-0.39, 0.29) is 0 Å². The summed E-state index contributed by atoms with van der Waals surface area (Å²) in [6.07, 6.45) is 0.759. The van der Waals surface area contributed by atoms with Crippen LogP contribution >= 0.6 is 11.6 Å². The Morgan fingerprint density at radius 2 is 2.00 bits per heavy atom. The molecule has 0 bridgehead atoms. The number of rotatable bonds is 3. The molecule has 0 aliphatic carbocycles. The summed E-state index contributed by atoms with van der Waals surface area (Å²) >= 11 is 6.41. The lowest BCUT2D eigenvalue weighted by Gasteiger charge is -2.08. The average Bonchev–Trinajstić information content (AvgIpc) is 2.61. The maximum atomic E-state index is 6.41. The van der Waals surface area contributed by atoms with Crippen LogP contribution < -0.4 is 5.73 Å². The maximum absolute atomic E-state index is 6.41. The molecule has 0 saturated heterocycles. The first kappa shape index (κ1) is 13.1. The van der Waals surface area contributed by atoms with Gasteiger partial charge in [-0.2, -0.15) is 5.10 Å². The highest BCUT2D eigenvalue weighted by atomic mass is 35.5. The Morgan fingerprint density at radius 1 is 1.28 bits per heavy atom. The summed E-state index contributed by atoms with van der Waals surface area (Å²) in [6, 6.07) is 6.27. The second kappa shape index (κ2) is 5.12. The zero-order valence-corrected chi connectivity index (χ0v) is 11.8. The fraction of sp³-hybridized carbons (Fsp3) is 0.357. The van der Waals surface area contributed by atoms with Crippen molar-refractivity contribution in [2.75, 3.05) is 6.54 Å². The molecule has 3 nitrogen and oxygen atoms in total. The van der Waals surface area contributed by atoms with Crippen LogP contribution in [0.3, 0.4) is 0 Å². The Hall–Kier alpha value is -1.32. The van der Waals surface area contributed by atoms with Crippen molar-refractivity contribution >= 4 is 11.6 Å². The number of aromatic nitrogens is 2. The van der Waals surface area contributed by atoms with Crippen LogP contribution in [-0.2, 0) is 6.42 Å². The highest BCUT2D eigenvalue weighted by Gasteiger charge is 2.15. The monoisotopic (exact) mass is 263 g/mol. The minimum Gasteiger partial charge on any atom is -0.330 e. The lowest BCUT2D eigenvalue weighted by atomic mass is 10.1. The van der Waals surface area contributed by atoms with E-state index in [2.05, 4.69) is 37.1 Å². The lowest BCUT2D eigenvalue weighted by Crippen LogP contribution is -2.04. The molecule has 0 aliphatic rings. The van der Waals surface area contributed by atoms with E-state index in [1.54, 1.807) is 0 Å². The third kappa shape index (κ3) is 2.28. The molecule has 2 rings (SSSR count). The number of hydrogen-bond acceptors (Lipinski definition) is 2. The van der Waals surface area contributed by atoms with Crippen molar-refractivity contribution in [3.8, 4) is 5.69 Å². The van der Waals surface area contributed by atoms with Crippen molar-refractivity contribution in [3.05, 3.63) is 45.7 Å². The van der Waals surface area contributed by atoms with Gasteiger partial charge in [0.15, 0.2) is 0 Å². The molecule has 0 saturated carbocycles. The summed E-state index contributed by atoms with van der Waals surface area (Å²) in [5, 5.41) is 5.20. The molecule has 2 N–H and O–H groups in total. The van der Waals surface area contributed by atoms with Gasteiger partial charge in [-0.05, 0) is 50.9 Å². The van der Waals surface area contributed by atoms with Gasteiger partial charge in [-0.3, -0.25) is 0 Å². The van der Waals surface area contributed by atoms with Gasteiger partial charge in [0, 0.05) is 5.56 Å². The molecule has 0 spiro atoms. The van der Waals surface area contributed by atoms with E-state index in [4.69, 9.17) is 17.3 Å². The number of benzene rings is 1. The smallest absolute Gasteiger partial charge is 0.136 e. The quantitative estimate of drug-likeness (QED) is 0.925. The minimum atomic E-state index is 0.582. The number of nitrogens with zero attached hydrogens (tertiary/aromatic N) is 2. The van der Waals surface area contributed by atoms with Crippen molar-refractivity contribution in [3.63, 3.8) is 0 Å². The zero-order valence-electron chi connectivity index (χ0n) is 11.0. The van der Waals surface area contributed by atoms with Gasteiger partial charge in [0.25, 0.3) is 0 Å². The SMILES string of the molecule is Cc1ccc(C)c(-n2nc(C)c(CCN)c2Cl)c1. The number of aryl methyl sites for hydroxylation is 3. The Labute approximate surface area is 113 Å². The highest BCUT2D eigenvalue weighted by Crippen LogP contribution is 2.25. The van der Waals surface area contributed by atoms with E-state index in [1.807, 2.05) is 11.6 Å². The zero-order chi connectivity index (χ0) is 13.3. The third-order valence-electron chi connectivity index (χ3n) is 3.11. The third-order valence-corrected chi connectivity index (χ3v) is 3.50. The molecule has 0 unspecified atom stereocenters. The van der Waals surface area contributed by atoms with Gasteiger partial charge in [0.1, 0.15) is 5.15 Å². The number of hydrogen-bond donors (Lipinski definition) is 1. The van der Waals surface area contributed by atoms with Gasteiger partial charge in [0.05, 0.1) is 11.4 Å². The molecular formula is C14H18ClN3. The second-order valence-electron chi connectivity index (χ2n) is 4.60. The molecule has 18 heavy (non-hydrogen) atoms. The van der Waals surface area contributed by atoms with Crippen LogP contribution in [-0.4, -0.2) is 16.3 Å². The lowest BCUT2D eigenvalue weighted by molar-refractivity contribution is 0.855. The predicted octanol–water partition coefficient (Wildman–Crippen LogP) is 2.95. The summed E-state index contributed by atoms with van der Waals surface area (Å²) in [4.78, 5) is 0. The van der Waals surface area contributed by atoms with Gasteiger partial charge in [-0.25, -0.2) is 4.68 Å². The molecule has 0 radical (unpaired) electrons. The Bertz CT molecular complexity index is 573. The van der Waals surface area contributed by atoms with Crippen LogP contribution in [0.4, 0.5) is 0 Å². The van der Waals surface area contributed by atoms with Gasteiger partial charge >= 0.3 is 0 Å². The fourth-order valence-corrected chi connectivity index (χ4v) is 2.43. The van der Waals surface area contributed by atoms with Crippen molar-refractivity contribution in [2.24, 2.45) is 5.73 Å². The number of halogens is 1. The van der Waals surface area contributed by atoms with Crippen LogP contribution in [0.1, 0.15) is 22.4 Å². The molecular weight excluding hydrogens is 246 g/mol. The van der Waals surface area contributed by atoms with Crippen molar-refractivity contribution in [1.82, 2.24) is 9.78 Å². The summed E-state index contributed by atoms with van der Waals surface area (Å²) in [5.41, 5.74) is 11.0. The average molecular weight is 264 g/mol. The molecule has 1 aromatic heterocycles. The molecule has 0 aliphatic heterocycles. The molecule has 96 valence electrons. The Balaban J connectivity index is 2.57. The first-order chi connectivity index (χ1) is 8.54. The van der Waals surface area contributed by atoms with Gasteiger partial charge < -0.3 is 5.73 Å². The maximum Gasteiger partial charge on any atom is 0.136 e. The van der Waals surface area contributed by atoms with Crippen LogP contribution in [0.2, 0.25) is 5.15 Å². The fourth-order valence-electron chi connectivity index (χ4n) is 2.07. The standard InChI is InChI=1S/C14H18ClN3/c1-9-4-5-10(2)13(8-9)18-14(15)12(6-7-16)11(3)17-18/h4-5,8H,6-7,16H2,1-3H3. The van der Waals surface area contributed by atoms with E-state index < -0.39 is 0 Å². The molecule has 1 heterocycles. The second-order valence-corrected chi connectivity index (χ2v) is 4.95. The van der Waals surface area contributed by atoms with Crippen LogP contribution in [0.15, 0.2) is 18.2 Å². The predicted molar refractivity (Wildman–Crippen MR) is 75.5 cm³/mol. The van der Waals surface area contributed by atoms with Gasteiger partial charge in [-0.15, -0.1) is 0 Å². The summed E-state index contributed by atoms with van der Waals surface area (Å²) in [6.45, 7) is 6.68.